The molecular weight excluding hydrogens is 230 g/mol. The number of hydrogen-bond acceptors (Lipinski definition) is 4. The molecule has 1 N–H and O–H groups in total. The van der Waals surface area contributed by atoms with Gasteiger partial charge in [0.1, 0.15) is 5.82 Å². The third kappa shape index (κ3) is 3.41. The first-order chi connectivity index (χ1) is 8.16. The average Bonchev–Trinajstić information content (AvgIpc) is 2.79. The van der Waals surface area contributed by atoms with Gasteiger partial charge in [-0.05, 0) is 25.7 Å². The molecule has 0 aromatic carbocycles. The number of hydrogen-bond donors (Lipinski definition) is 1. The predicted molar refractivity (Wildman–Crippen MR) is 73.7 cm³/mol. The second-order valence-electron chi connectivity index (χ2n) is 5.44. The Morgan fingerprint density at radius 2 is 1.88 bits per heavy atom. The van der Waals surface area contributed by atoms with Crippen molar-refractivity contribution in [2.75, 3.05) is 5.32 Å². The fraction of sp³-hybridized carbons (Fsp3) is 0.846. The van der Waals surface area contributed by atoms with Crippen LogP contribution in [0.5, 0.6) is 0 Å². The van der Waals surface area contributed by atoms with Gasteiger partial charge < -0.3 is 5.32 Å². The lowest BCUT2D eigenvalue weighted by molar-refractivity contribution is 0.328. The van der Waals surface area contributed by atoms with E-state index in [0.29, 0.717) is 12.0 Å². The Morgan fingerprint density at radius 3 is 2.47 bits per heavy atom. The molecule has 1 aliphatic rings. The fourth-order valence-corrected chi connectivity index (χ4v) is 3.28. The third-order valence-corrected chi connectivity index (χ3v) is 4.33. The van der Waals surface area contributed by atoms with Crippen molar-refractivity contribution < 1.29 is 0 Å². The van der Waals surface area contributed by atoms with Gasteiger partial charge in [-0.3, -0.25) is 0 Å². The number of nitrogens with zero attached hydrogens (tertiary/aromatic N) is 2. The normalized spacial score (nSPS) is 19.5. The van der Waals surface area contributed by atoms with Crippen molar-refractivity contribution in [3.63, 3.8) is 0 Å². The maximum atomic E-state index is 4.54. The molecule has 0 radical (unpaired) electrons. The lowest BCUT2D eigenvalue weighted by atomic mass is 9.85. The second-order valence-corrected chi connectivity index (χ2v) is 6.20. The Balaban J connectivity index is 1.90. The molecule has 0 amide bonds. The third-order valence-electron chi connectivity index (χ3n) is 3.67. The summed E-state index contributed by atoms with van der Waals surface area (Å²) in [7, 11) is 0. The van der Waals surface area contributed by atoms with Crippen molar-refractivity contribution in [2.45, 2.75) is 64.8 Å². The van der Waals surface area contributed by atoms with Crippen LogP contribution in [0.4, 0.5) is 5.13 Å². The van der Waals surface area contributed by atoms with Gasteiger partial charge in [-0.25, -0.2) is 4.98 Å². The molecule has 0 bridgehead atoms. The fourth-order valence-electron chi connectivity index (χ4n) is 2.47. The molecule has 1 aliphatic carbocycles. The Bertz CT molecular complexity index is 342. The molecule has 1 saturated carbocycles. The number of anilines is 1. The van der Waals surface area contributed by atoms with Crippen LogP contribution in [0.2, 0.25) is 0 Å². The van der Waals surface area contributed by atoms with Crippen LogP contribution < -0.4 is 5.32 Å². The number of rotatable bonds is 4. The van der Waals surface area contributed by atoms with E-state index >= 15 is 0 Å². The summed E-state index contributed by atoms with van der Waals surface area (Å²) in [5.41, 5.74) is 0. The summed E-state index contributed by atoms with van der Waals surface area (Å²) < 4.78 is 4.38. The molecule has 17 heavy (non-hydrogen) atoms. The van der Waals surface area contributed by atoms with Crippen molar-refractivity contribution in [3.8, 4) is 0 Å². The minimum Gasteiger partial charge on any atom is -0.358 e. The van der Waals surface area contributed by atoms with Crippen LogP contribution in [0.15, 0.2) is 0 Å². The van der Waals surface area contributed by atoms with Crippen LogP contribution in [-0.2, 0) is 0 Å². The molecule has 0 aliphatic heterocycles. The van der Waals surface area contributed by atoms with Gasteiger partial charge in [0.2, 0.25) is 5.13 Å². The Morgan fingerprint density at radius 1 is 1.18 bits per heavy atom. The van der Waals surface area contributed by atoms with Gasteiger partial charge in [0.15, 0.2) is 0 Å². The maximum Gasteiger partial charge on any atom is 0.202 e. The second kappa shape index (κ2) is 5.80. The van der Waals surface area contributed by atoms with Crippen molar-refractivity contribution in [2.24, 2.45) is 5.92 Å². The summed E-state index contributed by atoms with van der Waals surface area (Å²) in [5.74, 6) is 2.20. The summed E-state index contributed by atoms with van der Waals surface area (Å²) in [6.07, 6.45) is 6.93. The smallest absolute Gasteiger partial charge is 0.202 e. The van der Waals surface area contributed by atoms with E-state index in [2.05, 4.69) is 35.4 Å². The van der Waals surface area contributed by atoms with Gasteiger partial charge in [-0.2, -0.15) is 4.37 Å². The predicted octanol–water partition coefficient (Wildman–Crippen LogP) is 4.04. The zero-order valence-electron chi connectivity index (χ0n) is 11.1. The highest BCUT2D eigenvalue weighted by Gasteiger charge is 2.21. The quantitative estimate of drug-likeness (QED) is 0.880. The van der Waals surface area contributed by atoms with E-state index in [1.165, 1.54) is 43.6 Å². The van der Waals surface area contributed by atoms with Crippen LogP contribution in [0.1, 0.15) is 64.6 Å². The molecule has 96 valence electrons. The van der Waals surface area contributed by atoms with E-state index in [9.17, 15) is 0 Å². The zero-order chi connectivity index (χ0) is 12.3. The van der Waals surface area contributed by atoms with E-state index in [1.54, 1.807) is 0 Å². The van der Waals surface area contributed by atoms with Crippen molar-refractivity contribution >= 4 is 16.7 Å². The van der Waals surface area contributed by atoms with Gasteiger partial charge in [-0.1, -0.05) is 33.1 Å². The Labute approximate surface area is 108 Å². The number of nitrogens with one attached hydrogen (secondary N) is 1. The molecule has 1 unspecified atom stereocenters. The lowest BCUT2D eigenvalue weighted by Gasteiger charge is -2.27. The first-order valence-electron chi connectivity index (χ1n) is 6.77. The van der Waals surface area contributed by atoms with Gasteiger partial charge >= 0.3 is 0 Å². The molecular formula is C13H23N3S. The van der Waals surface area contributed by atoms with Crippen LogP contribution in [-0.4, -0.2) is 15.4 Å². The van der Waals surface area contributed by atoms with Crippen LogP contribution >= 0.6 is 11.5 Å². The van der Waals surface area contributed by atoms with Gasteiger partial charge in [0, 0.05) is 23.5 Å². The van der Waals surface area contributed by atoms with Crippen molar-refractivity contribution in [3.05, 3.63) is 5.82 Å². The largest absolute Gasteiger partial charge is 0.358 e. The minimum atomic E-state index is 0.423. The monoisotopic (exact) mass is 253 g/mol. The number of aromatic nitrogens is 2. The average molecular weight is 253 g/mol. The summed E-state index contributed by atoms with van der Waals surface area (Å²) >= 11 is 1.50. The topological polar surface area (TPSA) is 37.8 Å². The highest BCUT2D eigenvalue weighted by Crippen LogP contribution is 2.28. The molecule has 1 aromatic heterocycles. The van der Waals surface area contributed by atoms with Gasteiger partial charge in [0.05, 0.1) is 0 Å². The van der Waals surface area contributed by atoms with E-state index in [0.717, 1.165) is 16.9 Å². The molecule has 1 aromatic rings. The van der Waals surface area contributed by atoms with E-state index in [1.807, 2.05) is 0 Å². The standard InChI is InChI=1S/C13H23N3S/c1-9(2)12-15-13(17-16-12)14-10(3)11-7-5-4-6-8-11/h9-11H,4-8H2,1-3H3,(H,14,15,16). The summed E-state index contributed by atoms with van der Waals surface area (Å²) in [6, 6.07) is 0.531. The molecule has 0 spiro atoms. The highest BCUT2D eigenvalue weighted by atomic mass is 32.1. The first kappa shape index (κ1) is 12.8. The molecule has 4 heteroatoms. The van der Waals surface area contributed by atoms with Gasteiger partial charge in [-0.15, -0.1) is 0 Å². The minimum absolute atomic E-state index is 0.423. The van der Waals surface area contributed by atoms with Crippen molar-refractivity contribution in [1.29, 1.82) is 0 Å². The summed E-state index contributed by atoms with van der Waals surface area (Å²) in [4.78, 5) is 4.54. The molecule has 3 nitrogen and oxygen atoms in total. The first-order valence-corrected chi connectivity index (χ1v) is 7.54. The van der Waals surface area contributed by atoms with E-state index in [4.69, 9.17) is 0 Å². The molecule has 2 rings (SSSR count). The molecule has 0 saturated heterocycles. The Kier molecular flexibility index (Phi) is 4.37. The zero-order valence-corrected chi connectivity index (χ0v) is 11.9. The van der Waals surface area contributed by atoms with Crippen LogP contribution in [0, 0.1) is 5.92 Å². The summed E-state index contributed by atoms with van der Waals surface area (Å²) in [6.45, 7) is 6.55. The van der Waals surface area contributed by atoms with Gasteiger partial charge in [0.25, 0.3) is 0 Å². The van der Waals surface area contributed by atoms with Crippen LogP contribution in [0.25, 0.3) is 0 Å². The van der Waals surface area contributed by atoms with E-state index in [-0.39, 0.29) is 0 Å². The molecule has 1 fully saturated rings. The molecule has 1 atom stereocenters. The van der Waals surface area contributed by atoms with Crippen LogP contribution in [0.3, 0.4) is 0 Å². The summed E-state index contributed by atoms with van der Waals surface area (Å²) in [5, 5.41) is 4.52. The Hall–Kier alpha value is -0.640. The van der Waals surface area contributed by atoms with Crippen molar-refractivity contribution in [1.82, 2.24) is 9.36 Å². The lowest BCUT2D eigenvalue weighted by Crippen LogP contribution is -2.27. The highest BCUT2D eigenvalue weighted by molar-refractivity contribution is 7.09. The SMILES string of the molecule is CC(C)c1nsc(NC(C)C2CCCCC2)n1. The molecule has 1 heterocycles. The van der Waals surface area contributed by atoms with E-state index < -0.39 is 0 Å². The maximum absolute atomic E-state index is 4.54.